The van der Waals surface area contributed by atoms with Gasteiger partial charge in [-0.1, -0.05) is 13.3 Å². The topological polar surface area (TPSA) is 68.3 Å². The number of furan rings is 1. The van der Waals surface area contributed by atoms with Crippen LogP contribution < -0.4 is 11.3 Å². The van der Waals surface area contributed by atoms with Gasteiger partial charge in [0.25, 0.3) is 0 Å². The summed E-state index contributed by atoms with van der Waals surface area (Å²) in [4.78, 5) is 12.4. The van der Waals surface area contributed by atoms with Crippen LogP contribution in [0.5, 0.6) is 0 Å². The zero-order chi connectivity index (χ0) is 11.3. The van der Waals surface area contributed by atoms with E-state index >= 15 is 0 Å². The van der Waals surface area contributed by atoms with Crippen molar-refractivity contribution in [2.75, 3.05) is 0 Å². The second-order valence-electron chi connectivity index (χ2n) is 3.24. The van der Waals surface area contributed by atoms with Crippen LogP contribution in [-0.2, 0) is 4.79 Å². The van der Waals surface area contributed by atoms with Gasteiger partial charge in [0.2, 0.25) is 5.91 Å². The summed E-state index contributed by atoms with van der Waals surface area (Å²) in [5, 5.41) is -0.142. The first kappa shape index (κ1) is 12.1. The molecule has 1 unspecified atom stereocenters. The van der Waals surface area contributed by atoms with Gasteiger partial charge in [-0.15, -0.1) is 11.8 Å². The van der Waals surface area contributed by atoms with Crippen LogP contribution in [0.25, 0.3) is 0 Å². The first-order chi connectivity index (χ1) is 7.19. The number of amides is 1. The molecule has 1 heterocycles. The Morgan fingerprint density at radius 2 is 2.47 bits per heavy atom. The minimum absolute atomic E-state index is 0.137. The summed E-state index contributed by atoms with van der Waals surface area (Å²) in [5.74, 6) is 5.84. The normalized spacial score (nSPS) is 12.5. The molecule has 1 amide bonds. The van der Waals surface area contributed by atoms with E-state index in [0.717, 1.165) is 23.5 Å². The lowest BCUT2D eigenvalue weighted by Crippen LogP contribution is -2.37. The number of hydrogen-bond acceptors (Lipinski definition) is 4. The summed E-state index contributed by atoms with van der Waals surface area (Å²) in [6.45, 7) is 3.92. The minimum Gasteiger partial charge on any atom is -0.468 e. The minimum atomic E-state index is -0.142. The highest BCUT2D eigenvalue weighted by molar-refractivity contribution is 8.00. The Labute approximate surface area is 93.6 Å². The zero-order valence-corrected chi connectivity index (χ0v) is 9.76. The fraction of sp³-hybridized carbons (Fsp3) is 0.500. The van der Waals surface area contributed by atoms with E-state index in [2.05, 4.69) is 5.43 Å². The second kappa shape index (κ2) is 5.82. The van der Waals surface area contributed by atoms with Crippen molar-refractivity contribution in [1.82, 2.24) is 5.43 Å². The fourth-order valence-electron chi connectivity index (χ4n) is 1.25. The predicted molar refractivity (Wildman–Crippen MR) is 60.3 cm³/mol. The van der Waals surface area contributed by atoms with E-state index in [9.17, 15) is 4.79 Å². The fourth-order valence-corrected chi connectivity index (χ4v) is 2.43. The number of hydrazine groups is 1. The first-order valence-corrected chi connectivity index (χ1v) is 5.78. The summed E-state index contributed by atoms with van der Waals surface area (Å²) < 4.78 is 5.17. The summed E-state index contributed by atoms with van der Waals surface area (Å²) in [6.07, 6.45) is 3.38. The molecule has 0 saturated heterocycles. The van der Waals surface area contributed by atoms with Gasteiger partial charge in [0.1, 0.15) is 5.76 Å². The number of aryl methyl sites for hydroxylation is 1. The third-order valence-electron chi connectivity index (χ3n) is 2.07. The van der Waals surface area contributed by atoms with Crippen LogP contribution >= 0.6 is 11.8 Å². The highest BCUT2D eigenvalue weighted by Gasteiger charge is 2.19. The van der Waals surface area contributed by atoms with Crippen molar-refractivity contribution >= 4 is 17.7 Å². The summed E-state index contributed by atoms with van der Waals surface area (Å²) in [5.41, 5.74) is 2.19. The summed E-state index contributed by atoms with van der Waals surface area (Å²) >= 11 is 1.49. The van der Waals surface area contributed by atoms with Crippen LogP contribution in [0.4, 0.5) is 0 Å². The van der Waals surface area contributed by atoms with Gasteiger partial charge in [-0.3, -0.25) is 10.2 Å². The Kier molecular flexibility index (Phi) is 4.71. The van der Waals surface area contributed by atoms with E-state index in [1.165, 1.54) is 11.8 Å². The lowest BCUT2D eigenvalue weighted by atomic mass is 10.2. The summed E-state index contributed by atoms with van der Waals surface area (Å²) in [7, 11) is 0. The Morgan fingerprint density at radius 1 is 1.73 bits per heavy atom. The molecular formula is C10H16N2O2S. The molecule has 84 valence electrons. The Morgan fingerprint density at radius 3 is 2.93 bits per heavy atom. The Balaban J connectivity index is 2.66. The van der Waals surface area contributed by atoms with Crippen molar-refractivity contribution < 1.29 is 9.21 Å². The average Bonchev–Trinajstić information content (AvgIpc) is 2.63. The van der Waals surface area contributed by atoms with Gasteiger partial charge in [0, 0.05) is 4.90 Å². The van der Waals surface area contributed by atoms with Gasteiger partial charge in [0.05, 0.1) is 11.5 Å². The van der Waals surface area contributed by atoms with Crippen molar-refractivity contribution in [3.05, 3.63) is 18.1 Å². The van der Waals surface area contributed by atoms with Crippen molar-refractivity contribution in [1.29, 1.82) is 0 Å². The molecule has 0 saturated carbocycles. The van der Waals surface area contributed by atoms with E-state index in [4.69, 9.17) is 10.3 Å². The van der Waals surface area contributed by atoms with Crippen molar-refractivity contribution in [3.63, 3.8) is 0 Å². The van der Waals surface area contributed by atoms with E-state index in [0.29, 0.717) is 0 Å². The molecule has 0 aliphatic heterocycles. The van der Waals surface area contributed by atoms with Crippen LogP contribution in [0, 0.1) is 6.92 Å². The van der Waals surface area contributed by atoms with Crippen LogP contribution in [0.2, 0.25) is 0 Å². The molecular weight excluding hydrogens is 212 g/mol. The first-order valence-electron chi connectivity index (χ1n) is 4.90. The number of carbonyl (C=O) groups is 1. The zero-order valence-electron chi connectivity index (χ0n) is 8.95. The van der Waals surface area contributed by atoms with E-state index in [1.807, 2.05) is 19.9 Å². The molecule has 0 bridgehead atoms. The maximum atomic E-state index is 11.5. The largest absolute Gasteiger partial charge is 0.468 e. The van der Waals surface area contributed by atoms with Gasteiger partial charge in [-0.05, 0) is 19.4 Å². The summed E-state index contributed by atoms with van der Waals surface area (Å²) in [6, 6.07) is 1.87. The second-order valence-corrected chi connectivity index (χ2v) is 4.49. The van der Waals surface area contributed by atoms with Crippen LogP contribution in [-0.4, -0.2) is 11.2 Å². The average molecular weight is 228 g/mol. The number of nitrogens with two attached hydrogens (primary N) is 1. The molecule has 1 rings (SSSR count). The molecule has 0 fully saturated rings. The standard InChI is InChI=1S/C10H16N2O2S/c1-3-4-9(10(13)12-11)15-8-5-6-14-7(8)2/h5-6,9H,3-4,11H2,1-2H3,(H,12,13). The number of thioether (sulfide) groups is 1. The molecule has 15 heavy (non-hydrogen) atoms. The molecule has 0 aliphatic carbocycles. The van der Waals surface area contributed by atoms with E-state index in [1.54, 1.807) is 6.26 Å². The highest BCUT2D eigenvalue weighted by Crippen LogP contribution is 2.29. The molecule has 5 heteroatoms. The van der Waals surface area contributed by atoms with Gasteiger partial charge in [-0.25, -0.2) is 5.84 Å². The smallest absolute Gasteiger partial charge is 0.247 e. The highest BCUT2D eigenvalue weighted by atomic mass is 32.2. The van der Waals surface area contributed by atoms with E-state index < -0.39 is 0 Å². The van der Waals surface area contributed by atoms with Gasteiger partial charge in [0.15, 0.2) is 0 Å². The van der Waals surface area contributed by atoms with Gasteiger partial charge >= 0.3 is 0 Å². The van der Waals surface area contributed by atoms with Gasteiger partial charge in [-0.2, -0.15) is 0 Å². The number of hydrogen-bond donors (Lipinski definition) is 2. The maximum Gasteiger partial charge on any atom is 0.247 e. The molecule has 0 aromatic carbocycles. The van der Waals surface area contributed by atoms with Crippen LogP contribution in [0.15, 0.2) is 21.6 Å². The predicted octanol–water partition coefficient (Wildman–Crippen LogP) is 1.84. The molecule has 1 aromatic rings. The van der Waals surface area contributed by atoms with Crippen LogP contribution in [0.1, 0.15) is 25.5 Å². The molecule has 4 nitrogen and oxygen atoms in total. The molecule has 0 spiro atoms. The third kappa shape index (κ3) is 3.28. The lowest BCUT2D eigenvalue weighted by Gasteiger charge is -2.12. The maximum absolute atomic E-state index is 11.5. The molecule has 1 aromatic heterocycles. The van der Waals surface area contributed by atoms with Crippen molar-refractivity contribution in [3.8, 4) is 0 Å². The molecule has 0 radical (unpaired) electrons. The number of carbonyl (C=O) groups excluding carboxylic acids is 1. The van der Waals surface area contributed by atoms with Crippen LogP contribution in [0.3, 0.4) is 0 Å². The number of nitrogens with one attached hydrogen (secondary N) is 1. The molecule has 0 aliphatic rings. The van der Waals surface area contributed by atoms with E-state index in [-0.39, 0.29) is 11.2 Å². The Bertz CT molecular complexity index is 325. The monoisotopic (exact) mass is 228 g/mol. The van der Waals surface area contributed by atoms with Crippen molar-refractivity contribution in [2.45, 2.75) is 36.8 Å². The lowest BCUT2D eigenvalue weighted by molar-refractivity contribution is -0.120. The molecule has 3 N–H and O–H groups in total. The Hall–Kier alpha value is -0.940. The van der Waals surface area contributed by atoms with Gasteiger partial charge < -0.3 is 4.42 Å². The third-order valence-corrected chi connectivity index (χ3v) is 3.48. The molecule has 1 atom stereocenters. The SMILES string of the molecule is CCCC(Sc1ccoc1C)C(=O)NN. The quantitative estimate of drug-likeness (QED) is 0.349. The van der Waals surface area contributed by atoms with Crippen molar-refractivity contribution in [2.24, 2.45) is 5.84 Å². The number of rotatable bonds is 5.